The van der Waals surface area contributed by atoms with Gasteiger partial charge in [-0.25, -0.2) is 4.39 Å². The third-order valence-electron chi connectivity index (χ3n) is 4.32. The summed E-state index contributed by atoms with van der Waals surface area (Å²) in [5.41, 5.74) is 8.29. The molecular formula is C22H21FN4O2. The van der Waals surface area contributed by atoms with Gasteiger partial charge < -0.3 is 16.4 Å². The quantitative estimate of drug-likeness (QED) is 0.310. The molecule has 0 saturated heterocycles. The molecule has 0 aliphatic carbocycles. The van der Waals surface area contributed by atoms with Gasteiger partial charge in [-0.1, -0.05) is 12.1 Å². The number of Topliss-reactive ketones (excluding diaryl/α,β-unsaturated/α-hetero) is 1. The van der Waals surface area contributed by atoms with E-state index in [1.165, 1.54) is 18.2 Å². The van der Waals surface area contributed by atoms with Crippen LogP contribution in [0.4, 0.5) is 15.8 Å². The molecule has 0 fully saturated rings. The van der Waals surface area contributed by atoms with Crippen LogP contribution in [0.2, 0.25) is 0 Å². The molecule has 0 radical (unpaired) electrons. The van der Waals surface area contributed by atoms with E-state index in [4.69, 9.17) is 5.73 Å². The van der Waals surface area contributed by atoms with E-state index in [-0.39, 0.29) is 17.4 Å². The van der Waals surface area contributed by atoms with Gasteiger partial charge in [0.1, 0.15) is 5.82 Å². The van der Waals surface area contributed by atoms with Crippen LogP contribution in [0.1, 0.15) is 32.7 Å². The predicted molar refractivity (Wildman–Crippen MR) is 110 cm³/mol. The van der Waals surface area contributed by atoms with E-state index in [0.717, 1.165) is 5.56 Å². The van der Waals surface area contributed by atoms with Crippen molar-refractivity contribution in [1.29, 1.82) is 0 Å². The number of benzene rings is 2. The first-order valence-corrected chi connectivity index (χ1v) is 9.12. The Labute approximate surface area is 168 Å². The van der Waals surface area contributed by atoms with Crippen LogP contribution in [0, 0.1) is 5.82 Å². The van der Waals surface area contributed by atoms with E-state index in [9.17, 15) is 14.0 Å². The molecular weight excluding hydrogens is 371 g/mol. The number of aromatic nitrogens is 1. The van der Waals surface area contributed by atoms with Crippen molar-refractivity contribution < 1.29 is 14.0 Å². The summed E-state index contributed by atoms with van der Waals surface area (Å²) in [5, 5.41) is 5.81. The Morgan fingerprint density at radius 1 is 1.03 bits per heavy atom. The van der Waals surface area contributed by atoms with Gasteiger partial charge in [-0.05, 0) is 48.0 Å². The number of pyridine rings is 1. The zero-order valence-corrected chi connectivity index (χ0v) is 15.7. The fourth-order valence-electron chi connectivity index (χ4n) is 2.71. The minimum Gasteiger partial charge on any atom is -0.397 e. The first-order chi connectivity index (χ1) is 14.0. The van der Waals surface area contributed by atoms with Crippen molar-refractivity contribution in [2.45, 2.75) is 13.0 Å². The second-order valence-electron chi connectivity index (χ2n) is 6.47. The first kappa shape index (κ1) is 20.2. The highest BCUT2D eigenvalue weighted by Crippen LogP contribution is 2.20. The second-order valence-corrected chi connectivity index (χ2v) is 6.47. The fourth-order valence-corrected chi connectivity index (χ4v) is 2.71. The number of nitrogens with zero attached hydrogens (tertiary/aromatic N) is 1. The average Bonchev–Trinajstić information content (AvgIpc) is 2.74. The van der Waals surface area contributed by atoms with Crippen molar-refractivity contribution in [2.24, 2.45) is 0 Å². The number of nitrogen functional groups attached to an aromatic ring is 1. The molecule has 2 aromatic carbocycles. The van der Waals surface area contributed by atoms with Crippen LogP contribution >= 0.6 is 0 Å². The maximum absolute atomic E-state index is 13.3. The number of nitrogens with two attached hydrogens (primary N) is 1. The Balaban J connectivity index is 1.48. The molecule has 0 aliphatic heterocycles. The zero-order chi connectivity index (χ0) is 20.6. The lowest BCUT2D eigenvalue weighted by molar-refractivity contribution is 0.0980. The molecule has 4 N–H and O–H groups in total. The highest BCUT2D eigenvalue weighted by molar-refractivity contribution is 6.05. The number of halogens is 1. The molecule has 29 heavy (non-hydrogen) atoms. The Morgan fingerprint density at radius 2 is 1.83 bits per heavy atom. The molecule has 0 spiro atoms. The molecule has 3 aromatic rings. The van der Waals surface area contributed by atoms with E-state index in [1.807, 2.05) is 12.1 Å². The highest BCUT2D eigenvalue weighted by Gasteiger charge is 2.09. The van der Waals surface area contributed by atoms with Crippen molar-refractivity contribution in [1.82, 2.24) is 10.3 Å². The van der Waals surface area contributed by atoms with Gasteiger partial charge in [0.05, 0.1) is 11.4 Å². The smallest absolute Gasteiger partial charge is 0.255 e. The number of amides is 1. The first-order valence-electron chi connectivity index (χ1n) is 9.12. The van der Waals surface area contributed by atoms with Gasteiger partial charge in [0.15, 0.2) is 5.78 Å². The second kappa shape index (κ2) is 9.57. The number of carbonyl (C=O) groups is 2. The molecule has 0 bridgehead atoms. The van der Waals surface area contributed by atoms with Crippen LogP contribution in [0.15, 0.2) is 67.0 Å². The number of anilines is 2. The van der Waals surface area contributed by atoms with E-state index in [0.29, 0.717) is 36.3 Å². The minimum absolute atomic E-state index is 0.0363. The SMILES string of the molecule is Nc1ccc(F)cc1NC(=O)c1ccc(CNCCC(=O)c2cccnc2)cc1. The largest absolute Gasteiger partial charge is 0.397 e. The third-order valence-corrected chi connectivity index (χ3v) is 4.32. The number of rotatable bonds is 8. The van der Waals surface area contributed by atoms with E-state index < -0.39 is 5.82 Å². The molecule has 0 atom stereocenters. The lowest BCUT2D eigenvalue weighted by Crippen LogP contribution is -2.18. The van der Waals surface area contributed by atoms with Crippen LogP contribution in [0.5, 0.6) is 0 Å². The molecule has 0 unspecified atom stereocenters. The number of nitrogens with one attached hydrogen (secondary N) is 2. The monoisotopic (exact) mass is 392 g/mol. The van der Waals surface area contributed by atoms with Gasteiger partial charge in [0.25, 0.3) is 5.91 Å². The number of hydrogen-bond acceptors (Lipinski definition) is 5. The van der Waals surface area contributed by atoms with Crippen LogP contribution in [-0.4, -0.2) is 23.2 Å². The van der Waals surface area contributed by atoms with Gasteiger partial charge in [-0.2, -0.15) is 0 Å². The topological polar surface area (TPSA) is 97.1 Å². The summed E-state index contributed by atoms with van der Waals surface area (Å²) in [6, 6.07) is 14.3. The Morgan fingerprint density at radius 3 is 2.55 bits per heavy atom. The average molecular weight is 392 g/mol. The van der Waals surface area contributed by atoms with Crippen LogP contribution < -0.4 is 16.4 Å². The standard InChI is InChI=1S/C22H21FN4O2/c23-18-7-8-19(24)20(12-18)27-22(29)16-5-3-15(4-6-16)13-26-11-9-21(28)17-2-1-10-25-14-17/h1-8,10,12,14,26H,9,11,13,24H2,(H,27,29). The van der Waals surface area contributed by atoms with E-state index in [1.54, 1.807) is 36.7 Å². The zero-order valence-electron chi connectivity index (χ0n) is 15.7. The van der Waals surface area contributed by atoms with Gasteiger partial charge in [-0.15, -0.1) is 0 Å². The summed E-state index contributed by atoms with van der Waals surface area (Å²) < 4.78 is 13.3. The summed E-state index contributed by atoms with van der Waals surface area (Å²) in [6.45, 7) is 1.11. The molecule has 1 aromatic heterocycles. The fraction of sp³-hybridized carbons (Fsp3) is 0.136. The number of carbonyl (C=O) groups excluding carboxylic acids is 2. The molecule has 148 valence electrons. The lowest BCUT2D eigenvalue weighted by atomic mass is 10.1. The van der Waals surface area contributed by atoms with Crippen LogP contribution in [-0.2, 0) is 6.54 Å². The van der Waals surface area contributed by atoms with Gasteiger partial charge >= 0.3 is 0 Å². The molecule has 7 heteroatoms. The predicted octanol–water partition coefficient (Wildman–Crippen LogP) is 3.42. The summed E-state index contributed by atoms with van der Waals surface area (Å²) in [6.07, 6.45) is 3.57. The maximum atomic E-state index is 13.3. The Bertz CT molecular complexity index is 991. The van der Waals surface area contributed by atoms with Crippen LogP contribution in [0.3, 0.4) is 0 Å². The van der Waals surface area contributed by atoms with Crippen molar-refractivity contribution in [3.63, 3.8) is 0 Å². The molecule has 0 saturated carbocycles. The summed E-state index contributed by atoms with van der Waals surface area (Å²) in [5.74, 6) is -0.809. The molecule has 1 amide bonds. The van der Waals surface area contributed by atoms with Crippen LogP contribution in [0.25, 0.3) is 0 Å². The van der Waals surface area contributed by atoms with Crippen molar-refractivity contribution in [3.8, 4) is 0 Å². The summed E-state index contributed by atoms with van der Waals surface area (Å²) >= 11 is 0. The third kappa shape index (κ3) is 5.70. The molecule has 6 nitrogen and oxygen atoms in total. The highest BCUT2D eigenvalue weighted by atomic mass is 19.1. The molecule has 1 heterocycles. The lowest BCUT2D eigenvalue weighted by Gasteiger charge is -2.09. The number of hydrogen-bond donors (Lipinski definition) is 3. The summed E-state index contributed by atoms with van der Waals surface area (Å²) in [7, 11) is 0. The van der Waals surface area contributed by atoms with Gasteiger partial charge in [-0.3, -0.25) is 14.6 Å². The van der Waals surface area contributed by atoms with Crippen molar-refractivity contribution >= 4 is 23.1 Å². The minimum atomic E-state index is -0.474. The Hall–Kier alpha value is -3.58. The maximum Gasteiger partial charge on any atom is 0.255 e. The van der Waals surface area contributed by atoms with E-state index in [2.05, 4.69) is 15.6 Å². The van der Waals surface area contributed by atoms with Gasteiger partial charge in [0, 0.05) is 43.0 Å². The number of ketones is 1. The van der Waals surface area contributed by atoms with Gasteiger partial charge in [0.2, 0.25) is 0 Å². The van der Waals surface area contributed by atoms with Crippen molar-refractivity contribution in [3.05, 3.63) is 89.5 Å². The van der Waals surface area contributed by atoms with E-state index >= 15 is 0 Å². The Kier molecular flexibility index (Phi) is 6.65. The summed E-state index contributed by atoms with van der Waals surface area (Å²) in [4.78, 5) is 28.3. The molecule has 0 aliphatic rings. The molecule has 3 rings (SSSR count). The van der Waals surface area contributed by atoms with Crippen molar-refractivity contribution in [2.75, 3.05) is 17.6 Å². The normalized spacial score (nSPS) is 10.5.